The SMILES string of the molecule is Nc1ccc(Oc2cc3nncn3cn2)c(Cl)c1. The number of rotatable bonds is 2. The van der Waals surface area contributed by atoms with Crippen LogP contribution in [0, 0.1) is 0 Å². The summed E-state index contributed by atoms with van der Waals surface area (Å²) >= 11 is 6.01. The highest BCUT2D eigenvalue weighted by molar-refractivity contribution is 6.32. The molecule has 0 unspecified atom stereocenters. The zero-order valence-corrected chi connectivity index (χ0v) is 9.87. The van der Waals surface area contributed by atoms with Crippen molar-refractivity contribution in [2.24, 2.45) is 0 Å². The maximum absolute atomic E-state index is 6.01. The molecule has 0 aliphatic rings. The molecule has 0 bridgehead atoms. The molecule has 7 heteroatoms. The smallest absolute Gasteiger partial charge is 0.224 e. The van der Waals surface area contributed by atoms with Crippen LogP contribution in [0.2, 0.25) is 5.02 Å². The Labute approximate surface area is 107 Å². The summed E-state index contributed by atoms with van der Waals surface area (Å²) in [6.07, 6.45) is 3.12. The van der Waals surface area contributed by atoms with E-state index in [1.165, 1.54) is 0 Å². The molecule has 90 valence electrons. The number of nitrogens with two attached hydrogens (primary N) is 1. The second kappa shape index (κ2) is 4.15. The third-order valence-electron chi connectivity index (χ3n) is 2.33. The molecule has 0 aliphatic heterocycles. The fourth-order valence-corrected chi connectivity index (χ4v) is 1.71. The molecule has 3 aromatic rings. The Morgan fingerprint density at radius 2 is 2.11 bits per heavy atom. The number of anilines is 1. The van der Waals surface area contributed by atoms with Crippen molar-refractivity contribution in [1.82, 2.24) is 19.6 Å². The van der Waals surface area contributed by atoms with Gasteiger partial charge >= 0.3 is 0 Å². The summed E-state index contributed by atoms with van der Waals surface area (Å²) in [6.45, 7) is 0. The van der Waals surface area contributed by atoms with Gasteiger partial charge in [-0.3, -0.25) is 4.40 Å². The summed E-state index contributed by atoms with van der Waals surface area (Å²) in [5, 5.41) is 8.08. The van der Waals surface area contributed by atoms with Crippen LogP contribution >= 0.6 is 11.6 Å². The van der Waals surface area contributed by atoms with Gasteiger partial charge in [-0.1, -0.05) is 11.6 Å². The minimum Gasteiger partial charge on any atom is -0.437 e. The van der Waals surface area contributed by atoms with Crippen molar-refractivity contribution in [2.75, 3.05) is 5.73 Å². The fourth-order valence-electron chi connectivity index (χ4n) is 1.48. The maximum atomic E-state index is 6.01. The van der Waals surface area contributed by atoms with Gasteiger partial charge in [-0.05, 0) is 18.2 Å². The molecule has 0 aliphatic carbocycles. The summed E-state index contributed by atoms with van der Waals surface area (Å²) in [6, 6.07) is 6.68. The van der Waals surface area contributed by atoms with Gasteiger partial charge in [0.25, 0.3) is 0 Å². The third kappa shape index (κ3) is 1.93. The number of halogens is 1. The predicted octanol–water partition coefficient (Wildman–Crippen LogP) is 2.15. The van der Waals surface area contributed by atoms with Crippen LogP contribution in [0.3, 0.4) is 0 Å². The minimum atomic E-state index is 0.391. The van der Waals surface area contributed by atoms with Crippen LogP contribution in [0.4, 0.5) is 5.69 Å². The molecule has 2 heterocycles. The van der Waals surface area contributed by atoms with Crippen LogP contribution in [-0.4, -0.2) is 19.6 Å². The van der Waals surface area contributed by atoms with Crippen LogP contribution in [0.25, 0.3) is 5.65 Å². The van der Waals surface area contributed by atoms with E-state index in [2.05, 4.69) is 15.2 Å². The molecule has 2 aromatic heterocycles. The lowest BCUT2D eigenvalue weighted by Crippen LogP contribution is -1.93. The Hall–Kier alpha value is -2.34. The first-order valence-electron chi connectivity index (χ1n) is 5.10. The van der Waals surface area contributed by atoms with Gasteiger partial charge in [0.05, 0.1) is 5.02 Å². The highest BCUT2D eigenvalue weighted by atomic mass is 35.5. The van der Waals surface area contributed by atoms with Crippen LogP contribution < -0.4 is 10.5 Å². The van der Waals surface area contributed by atoms with Crippen molar-refractivity contribution in [3.8, 4) is 11.6 Å². The van der Waals surface area contributed by atoms with Crippen LogP contribution in [0.1, 0.15) is 0 Å². The monoisotopic (exact) mass is 261 g/mol. The Balaban J connectivity index is 1.95. The van der Waals surface area contributed by atoms with E-state index >= 15 is 0 Å². The van der Waals surface area contributed by atoms with Crippen molar-refractivity contribution in [2.45, 2.75) is 0 Å². The van der Waals surface area contributed by atoms with Crippen LogP contribution in [-0.2, 0) is 0 Å². The molecule has 6 nitrogen and oxygen atoms in total. The van der Waals surface area contributed by atoms with E-state index < -0.39 is 0 Å². The Morgan fingerprint density at radius 1 is 1.22 bits per heavy atom. The third-order valence-corrected chi connectivity index (χ3v) is 2.63. The highest BCUT2D eigenvalue weighted by Gasteiger charge is 2.06. The molecule has 0 atom stereocenters. The van der Waals surface area contributed by atoms with E-state index in [4.69, 9.17) is 22.1 Å². The van der Waals surface area contributed by atoms with E-state index in [1.807, 2.05) is 0 Å². The number of benzene rings is 1. The molecule has 2 N–H and O–H groups in total. The second-order valence-corrected chi connectivity index (χ2v) is 4.02. The van der Waals surface area contributed by atoms with E-state index in [-0.39, 0.29) is 0 Å². The van der Waals surface area contributed by atoms with Crippen molar-refractivity contribution in [3.63, 3.8) is 0 Å². The lowest BCUT2D eigenvalue weighted by molar-refractivity contribution is 0.462. The Morgan fingerprint density at radius 3 is 2.94 bits per heavy atom. The standard InChI is InChI=1S/C11H8ClN5O/c12-8-3-7(13)1-2-9(8)18-11-4-10-16-15-6-17(10)5-14-11/h1-6H,13H2. The zero-order valence-electron chi connectivity index (χ0n) is 9.12. The molecule has 0 spiro atoms. The Bertz CT molecular complexity index is 711. The maximum Gasteiger partial charge on any atom is 0.224 e. The van der Waals surface area contributed by atoms with Crippen molar-refractivity contribution in [1.29, 1.82) is 0 Å². The normalized spacial score (nSPS) is 10.7. The average Bonchev–Trinajstić information content (AvgIpc) is 2.80. The fraction of sp³-hybridized carbons (Fsp3) is 0. The molecular formula is C11H8ClN5O. The van der Waals surface area contributed by atoms with Gasteiger partial charge < -0.3 is 10.5 Å². The second-order valence-electron chi connectivity index (χ2n) is 3.62. The quantitative estimate of drug-likeness (QED) is 0.715. The molecular weight excluding hydrogens is 254 g/mol. The van der Waals surface area contributed by atoms with Gasteiger partial charge in [0, 0.05) is 11.8 Å². The van der Waals surface area contributed by atoms with Gasteiger partial charge in [-0.15, -0.1) is 10.2 Å². The van der Waals surface area contributed by atoms with Crippen molar-refractivity contribution >= 4 is 22.9 Å². The van der Waals surface area contributed by atoms with Crippen molar-refractivity contribution < 1.29 is 4.74 Å². The van der Waals surface area contributed by atoms with Crippen LogP contribution in [0.15, 0.2) is 36.9 Å². The van der Waals surface area contributed by atoms with Gasteiger partial charge in [0.2, 0.25) is 5.88 Å². The van der Waals surface area contributed by atoms with Crippen LogP contribution in [0.5, 0.6) is 11.6 Å². The number of ether oxygens (including phenoxy) is 1. The average molecular weight is 262 g/mol. The first-order valence-corrected chi connectivity index (χ1v) is 5.48. The number of hydrogen-bond acceptors (Lipinski definition) is 5. The van der Waals surface area contributed by atoms with Gasteiger partial charge in [0.15, 0.2) is 5.65 Å². The van der Waals surface area contributed by atoms with Gasteiger partial charge in [-0.2, -0.15) is 0 Å². The molecule has 1 aromatic carbocycles. The number of nitrogen functional groups attached to an aromatic ring is 1. The summed E-state index contributed by atoms with van der Waals surface area (Å²) < 4.78 is 7.24. The highest BCUT2D eigenvalue weighted by Crippen LogP contribution is 2.30. The molecule has 0 fully saturated rings. The predicted molar refractivity (Wildman–Crippen MR) is 66.7 cm³/mol. The van der Waals surface area contributed by atoms with E-state index in [1.54, 1.807) is 41.3 Å². The van der Waals surface area contributed by atoms with E-state index in [0.717, 1.165) is 0 Å². The first-order chi connectivity index (χ1) is 8.72. The number of fused-ring (bicyclic) bond motifs is 1. The number of aromatic nitrogens is 4. The van der Waals surface area contributed by atoms with E-state index in [9.17, 15) is 0 Å². The molecule has 0 saturated carbocycles. The summed E-state index contributed by atoms with van der Waals surface area (Å²) in [7, 11) is 0. The lowest BCUT2D eigenvalue weighted by atomic mass is 10.3. The first kappa shape index (κ1) is 10.8. The topological polar surface area (TPSA) is 78.3 Å². The van der Waals surface area contributed by atoms with Gasteiger partial charge in [-0.25, -0.2) is 4.98 Å². The summed E-state index contributed by atoms with van der Waals surface area (Å²) in [4.78, 5) is 4.11. The largest absolute Gasteiger partial charge is 0.437 e. The summed E-state index contributed by atoms with van der Waals surface area (Å²) in [5.41, 5.74) is 6.83. The molecule has 0 saturated heterocycles. The summed E-state index contributed by atoms with van der Waals surface area (Å²) in [5.74, 6) is 0.879. The van der Waals surface area contributed by atoms with Gasteiger partial charge in [0.1, 0.15) is 18.4 Å². The minimum absolute atomic E-state index is 0.391. The van der Waals surface area contributed by atoms with Crippen molar-refractivity contribution in [3.05, 3.63) is 41.9 Å². The molecule has 0 amide bonds. The number of hydrogen-bond donors (Lipinski definition) is 1. The zero-order chi connectivity index (χ0) is 12.5. The number of nitrogens with zero attached hydrogens (tertiary/aromatic N) is 4. The Kier molecular flexibility index (Phi) is 2.49. The molecule has 18 heavy (non-hydrogen) atoms. The lowest BCUT2D eigenvalue weighted by Gasteiger charge is -2.06. The molecule has 0 radical (unpaired) electrons. The molecule has 3 rings (SSSR count). The van der Waals surface area contributed by atoms with E-state index in [0.29, 0.717) is 28.0 Å².